The first-order valence-corrected chi connectivity index (χ1v) is 7.94. The fraction of sp³-hybridized carbons (Fsp3) is 0.188. The highest BCUT2D eigenvalue weighted by molar-refractivity contribution is 8.00. The van der Waals surface area contributed by atoms with Crippen LogP contribution in [0, 0.1) is 0 Å². The molecule has 2 atom stereocenters. The lowest BCUT2D eigenvalue weighted by Crippen LogP contribution is -2.30. The minimum Gasteiger partial charge on any atom is -0.497 e. The normalized spacial score (nSPS) is 20.8. The van der Waals surface area contributed by atoms with Crippen LogP contribution in [0.3, 0.4) is 0 Å². The van der Waals surface area contributed by atoms with Crippen LogP contribution in [0.5, 0.6) is 5.75 Å². The molecular weight excluding hydrogens is 322 g/mol. The van der Waals surface area contributed by atoms with Crippen LogP contribution in [-0.4, -0.2) is 24.2 Å². The van der Waals surface area contributed by atoms with Gasteiger partial charge in [-0.1, -0.05) is 29.8 Å². The van der Waals surface area contributed by atoms with Crippen molar-refractivity contribution in [1.29, 1.82) is 0 Å². The van der Waals surface area contributed by atoms with Crippen molar-refractivity contribution in [2.45, 2.75) is 16.2 Å². The van der Waals surface area contributed by atoms with Crippen LogP contribution in [0.2, 0.25) is 5.02 Å². The second-order valence-corrected chi connectivity index (χ2v) is 6.42. The van der Waals surface area contributed by atoms with Crippen molar-refractivity contribution in [1.82, 2.24) is 0 Å². The Labute approximate surface area is 137 Å². The third kappa shape index (κ3) is 2.79. The summed E-state index contributed by atoms with van der Waals surface area (Å²) in [4.78, 5) is 12.9. The number of carbonyl (C=O) groups is 1. The van der Waals surface area contributed by atoms with Gasteiger partial charge in [-0.25, -0.2) is 0 Å². The van der Waals surface area contributed by atoms with Crippen LogP contribution in [0.25, 0.3) is 0 Å². The highest BCUT2D eigenvalue weighted by atomic mass is 35.5. The number of hydrogen-bond donors (Lipinski definition) is 2. The lowest BCUT2D eigenvalue weighted by molar-refractivity contribution is -0.124. The molecule has 0 saturated heterocycles. The lowest BCUT2D eigenvalue weighted by atomic mass is 10.1. The number of methoxy groups -OCH3 is 1. The van der Waals surface area contributed by atoms with Crippen LogP contribution >= 0.6 is 23.4 Å². The number of anilines is 1. The van der Waals surface area contributed by atoms with Crippen molar-refractivity contribution < 1.29 is 14.6 Å². The molecule has 0 aliphatic carbocycles. The average Bonchev–Trinajstić information content (AvgIpc) is 2.66. The second kappa shape index (κ2) is 6.20. The van der Waals surface area contributed by atoms with Gasteiger partial charge in [0.05, 0.1) is 28.0 Å². The van der Waals surface area contributed by atoms with E-state index >= 15 is 0 Å². The van der Waals surface area contributed by atoms with Gasteiger partial charge in [0.15, 0.2) is 0 Å². The molecule has 2 aromatic rings. The summed E-state index contributed by atoms with van der Waals surface area (Å²) in [6.45, 7) is 0. The van der Waals surface area contributed by atoms with Crippen LogP contribution in [0.4, 0.5) is 5.69 Å². The van der Waals surface area contributed by atoms with E-state index in [1.807, 2.05) is 12.1 Å². The first kappa shape index (κ1) is 15.2. The Kier molecular flexibility index (Phi) is 4.29. The number of rotatable bonds is 2. The van der Waals surface area contributed by atoms with Crippen molar-refractivity contribution in [2.75, 3.05) is 12.4 Å². The molecule has 4 nitrogen and oxygen atoms in total. The molecule has 3 rings (SSSR count). The third-order valence-electron chi connectivity index (χ3n) is 3.47. The molecule has 2 aromatic carbocycles. The zero-order valence-electron chi connectivity index (χ0n) is 11.7. The van der Waals surface area contributed by atoms with Gasteiger partial charge in [-0.3, -0.25) is 4.79 Å². The second-order valence-electron chi connectivity index (χ2n) is 4.86. The van der Waals surface area contributed by atoms with E-state index in [0.29, 0.717) is 10.7 Å². The molecule has 1 aliphatic heterocycles. The molecule has 0 saturated carbocycles. The standard InChI is InChI=1S/C16H14ClNO3S/c1-21-10-7-5-9(6-8-10)14-13(19)16(20)18-12-4-2-3-11(17)15(12)22-14/h2-8,13-14,19H,1H3,(H,18,20)/t13-,14+/m1/s1. The first-order valence-electron chi connectivity index (χ1n) is 6.68. The van der Waals surface area contributed by atoms with Crippen LogP contribution in [0.1, 0.15) is 10.8 Å². The molecule has 0 aromatic heterocycles. The number of ether oxygens (including phenoxy) is 1. The van der Waals surface area contributed by atoms with Gasteiger partial charge in [-0.15, -0.1) is 11.8 Å². The maximum Gasteiger partial charge on any atom is 0.254 e. The van der Waals surface area contributed by atoms with Gasteiger partial charge in [-0.2, -0.15) is 0 Å². The minimum absolute atomic E-state index is 0.436. The fourth-order valence-electron chi connectivity index (χ4n) is 2.31. The Morgan fingerprint density at radius 1 is 1.23 bits per heavy atom. The summed E-state index contributed by atoms with van der Waals surface area (Å²) in [5.41, 5.74) is 1.46. The summed E-state index contributed by atoms with van der Waals surface area (Å²) in [6, 6.07) is 12.6. The summed E-state index contributed by atoms with van der Waals surface area (Å²) in [5.74, 6) is 0.286. The summed E-state index contributed by atoms with van der Waals surface area (Å²) in [6.07, 6.45) is -1.16. The molecule has 114 valence electrons. The molecule has 2 N–H and O–H groups in total. The predicted molar refractivity (Wildman–Crippen MR) is 87.7 cm³/mol. The Morgan fingerprint density at radius 2 is 1.95 bits per heavy atom. The van der Waals surface area contributed by atoms with Gasteiger partial charge in [0.2, 0.25) is 0 Å². The van der Waals surface area contributed by atoms with E-state index in [1.165, 1.54) is 11.8 Å². The van der Waals surface area contributed by atoms with Gasteiger partial charge in [0.25, 0.3) is 5.91 Å². The SMILES string of the molecule is COc1ccc([C@@H]2Sc3c(Cl)cccc3NC(=O)[C@@H]2O)cc1. The molecule has 0 fully saturated rings. The number of fused-ring (bicyclic) bond motifs is 1. The minimum atomic E-state index is -1.16. The van der Waals surface area contributed by atoms with Crippen molar-refractivity contribution in [3.05, 3.63) is 53.1 Å². The van der Waals surface area contributed by atoms with Gasteiger partial charge in [0, 0.05) is 0 Å². The first-order chi connectivity index (χ1) is 10.6. The van der Waals surface area contributed by atoms with Crippen molar-refractivity contribution in [2.24, 2.45) is 0 Å². The van der Waals surface area contributed by atoms with Crippen molar-refractivity contribution in [3.63, 3.8) is 0 Å². The summed E-state index contributed by atoms with van der Waals surface area (Å²) in [7, 11) is 1.59. The topological polar surface area (TPSA) is 58.6 Å². The number of aliphatic hydroxyl groups excluding tert-OH is 1. The van der Waals surface area contributed by atoms with E-state index in [0.717, 1.165) is 16.2 Å². The average molecular weight is 336 g/mol. The molecule has 22 heavy (non-hydrogen) atoms. The molecular formula is C16H14ClNO3S. The van der Waals surface area contributed by atoms with E-state index in [1.54, 1.807) is 37.4 Å². The van der Waals surface area contributed by atoms with Crippen LogP contribution in [0.15, 0.2) is 47.4 Å². The molecule has 0 spiro atoms. The zero-order valence-corrected chi connectivity index (χ0v) is 13.3. The summed E-state index contributed by atoms with van der Waals surface area (Å²) >= 11 is 7.61. The van der Waals surface area contributed by atoms with Gasteiger partial charge in [-0.05, 0) is 29.8 Å². The van der Waals surface area contributed by atoms with E-state index < -0.39 is 17.3 Å². The van der Waals surface area contributed by atoms with E-state index in [9.17, 15) is 9.90 Å². The zero-order chi connectivity index (χ0) is 15.7. The molecule has 6 heteroatoms. The van der Waals surface area contributed by atoms with Crippen molar-refractivity contribution in [3.8, 4) is 5.75 Å². The smallest absolute Gasteiger partial charge is 0.254 e. The van der Waals surface area contributed by atoms with E-state index in [2.05, 4.69) is 5.32 Å². The number of benzene rings is 2. The molecule has 1 amide bonds. The van der Waals surface area contributed by atoms with Gasteiger partial charge >= 0.3 is 0 Å². The Morgan fingerprint density at radius 3 is 2.64 bits per heavy atom. The molecule has 0 unspecified atom stereocenters. The molecule has 0 bridgehead atoms. The van der Waals surface area contributed by atoms with Gasteiger partial charge < -0.3 is 15.2 Å². The number of aliphatic hydroxyl groups is 1. The van der Waals surface area contributed by atoms with E-state index in [4.69, 9.17) is 16.3 Å². The summed E-state index contributed by atoms with van der Waals surface area (Å²) < 4.78 is 5.13. The summed E-state index contributed by atoms with van der Waals surface area (Å²) in [5, 5.41) is 13.2. The monoisotopic (exact) mass is 335 g/mol. The number of thioether (sulfide) groups is 1. The Hall–Kier alpha value is -1.69. The maximum absolute atomic E-state index is 12.2. The Balaban J connectivity index is 2.02. The highest BCUT2D eigenvalue weighted by Gasteiger charge is 2.33. The Bertz CT molecular complexity index is 705. The highest BCUT2D eigenvalue weighted by Crippen LogP contribution is 2.46. The fourth-order valence-corrected chi connectivity index (χ4v) is 3.84. The third-order valence-corrected chi connectivity index (χ3v) is 5.36. The molecule has 1 aliphatic rings. The number of nitrogens with one attached hydrogen (secondary N) is 1. The van der Waals surface area contributed by atoms with Crippen molar-refractivity contribution >= 4 is 35.0 Å². The maximum atomic E-state index is 12.2. The molecule has 0 radical (unpaired) electrons. The lowest BCUT2D eigenvalue weighted by Gasteiger charge is -2.19. The largest absolute Gasteiger partial charge is 0.497 e. The van der Waals surface area contributed by atoms with Crippen LogP contribution < -0.4 is 10.1 Å². The predicted octanol–water partition coefficient (Wildman–Crippen LogP) is 3.50. The van der Waals surface area contributed by atoms with E-state index in [-0.39, 0.29) is 0 Å². The number of halogens is 1. The van der Waals surface area contributed by atoms with Crippen LogP contribution in [-0.2, 0) is 4.79 Å². The number of carbonyl (C=O) groups excluding carboxylic acids is 1. The number of hydrogen-bond acceptors (Lipinski definition) is 4. The van der Waals surface area contributed by atoms with Gasteiger partial charge in [0.1, 0.15) is 11.9 Å². The quantitative estimate of drug-likeness (QED) is 0.882. The number of amides is 1. The molecule has 1 heterocycles.